The van der Waals surface area contributed by atoms with Gasteiger partial charge in [-0.3, -0.25) is 4.79 Å². The van der Waals surface area contributed by atoms with Crippen molar-refractivity contribution in [2.24, 2.45) is 0 Å². The minimum absolute atomic E-state index is 0.155. The normalized spacial score (nSPS) is 18.2. The van der Waals surface area contributed by atoms with Crippen LogP contribution in [0.5, 0.6) is 0 Å². The lowest BCUT2D eigenvalue weighted by atomic mass is 10.2. The number of rotatable bonds is 1. The van der Waals surface area contributed by atoms with Crippen LogP contribution in [0.1, 0.15) is 31.1 Å². The predicted octanol–water partition coefficient (Wildman–Crippen LogP) is 0.876. The van der Waals surface area contributed by atoms with Gasteiger partial charge in [-0.05, 0) is 20.8 Å². The first-order valence-corrected chi connectivity index (χ1v) is 9.43. The second kappa shape index (κ2) is 8.17. The van der Waals surface area contributed by atoms with Gasteiger partial charge in [0, 0.05) is 45.5 Å². The van der Waals surface area contributed by atoms with Crippen molar-refractivity contribution in [3.05, 3.63) is 18.0 Å². The molecule has 28 heavy (non-hydrogen) atoms. The Morgan fingerprint density at radius 3 is 2.18 bits per heavy atom. The van der Waals surface area contributed by atoms with E-state index in [1.54, 1.807) is 14.7 Å². The molecule has 0 radical (unpaired) electrons. The van der Waals surface area contributed by atoms with Crippen LogP contribution in [-0.2, 0) is 9.47 Å². The molecule has 0 bridgehead atoms. The van der Waals surface area contributed by atoms with E-state index in [4.69, 9.17) is 9.47 Å². The van der Waals surface area contributed by atoms with Crippen LogP contribution in [0, 0.1) is 0 Å². The second-order valence-corrected chi connectivity index (χ2v) is 7.82. The van der Waals surface area contributed by atoms with E-state index in [2.05, 4.69) is 5.10 Å². The molecule has 0 saturated carbocycles. The molecule has 0 aromatic carbocycles. The summed E-state index contributed by atoms with van der Waals surface area (Å²) in [4.78, 5) is 42.1. The number of aromatic nitrogens is 2. The first-order chi connectivity index (χ1) is 13.2. The van der Waals surface area contributed by atoms with Crippen LogP contribution in [0.4, 0.5) is 9.59 Å². The molecule has 2 saturated heterocycles. The molecular weight excluding hydrogens is 366 g/mol. The summed E-state index contributed by atoms with van der Waals surface area (Å²) in [6.45, 7) is 9.09. The summed E-state index contributed by atoms with van der Waals surface area (Å²) in [5, 5.41) is 4.05. The molecule has 2 aliphatic heterocycles. The molecule has 10 nitrogen and oxygen atoms in total. The molecule has 0 unspecified atom stereocenters. The van der Waals surface area contributed by atoms with E-state index >= 15 is 0 Å². The molecule has 3 amide bonds. The van der Waals surface area contributed by atoms with Crippen molar-refractivity contribution in [3.8, 4) is 0 Å². The third-order valence-corrected chi connectivity index (χ3v) is 4.53. The molecule has 0 spiro atoms. The molecule has 0 aliphatic carbocycles. The van der Waals surface area contributed by atoms with Crippen LogP contribution in [0.3, 0.4) is 0 Å². The third-order valence-electron chi connectivity index (χ3n) is 4.53. The van der Waals surface area contributed by atoms with Crippen LogP contribution in [0.15, 0.2) is 12.4 Å². The van der Waals surface area contributed by atoms with Gasteiger partial charge >= 0.3 is 12.1 Å². The monoisotopic (exact) mass is 393 g/mol. The largest absolute Gasteiger partial charge is 0.444 e. The van der Waals surface area contributed by atoms with E-state index < -0.39 is 5.60 Å². The van der Waals surface area contributed by atoms with Crippen LogP contribution >= 0.6 is 0 Å². The fourth-order valence-corrected chi connectivity index (χ4v) is 3.04. The fraction of sp³-hybridized carbons (Fsp3) is 0.667. The number of carbonyl (C=O) groups excluding carboxylic acids is 3. The van der Waals surface area contributed by atoms with Gasteiger partial charge in [0.15, 0.2) is 0 Å². The lowest BCUT2D eigenvalue weighted by molar-refractivity contribution is 0.0169. The van der Waals surface area contributed by atoms with Gasteiger partial charge in [-0.1, -0.05) is 0 Å². The van der Waals surface area contributed by atoms with Crippen LogP contribution < -0.4 is 0 Å². The maximum absolute atomic E-state index is 12.7. The topological polar surface area (TPSA) is 97.2 Å². The van der Waals surface area contributed by atoms with Crippen molar-refractivity contribution in [1.29, 1.82) is 0 Å². The molecule has 1 aromatic rings. The molecule has 3 heterocycles. The van der Waals surface area contributed by atoms with Crippen molar-refractivity contribution in [3.63, 3.8) is 0 Å². The summed E-state index contributed by atoms with van der Waals surface area (Å²) in [5.74, 6) is -0.155. The highest BCUT2D eigenvalue weighted by Crippen LogP contribution is 2.13. The molecule has 2 aliphatic rings. The van der Waals surface area contributed by atoms with Crippen molar-refractivity contribution in [2.75, 3.05) is 52.5 Å². The smallest absolute Gasteiger partial charge is 0.410 e. The van der Waals surface area contributed by atoms with Gasteiger partial charge in [0.2, 0.25) is 0 Å². The van der Waals surface area contributed by atoms with E-state index in [1.165, 1.54) is 17.1 Å². The van der Waals surface area contributed by atoms with E-state index in [1.807, 2.05) is 20.8 Å². The summed E-state index contributed by atoms with van der Waals surface area (Å²) < 4.78 is 11.8. The number of piperazine rings is 1. The Kier molecular flexibility index (Phi) is 5.87. The average molecular weight is 393 g/mol. The van der Waals surface area contributed by atoms with E-state index in [9.17, 15) is 14.4 Å². The van der Waals surface area contributed by atoms with Gasteiger partial charge < -0.3 is 24.2 Å². The first-order valence-electron chi connectivity index (χ1n) is 9.43. The number of morpholine rings is 1. The van der Waals surface area contributed by atoms with Crippen molar-refractivity contribution in [1.82, 2.24) is 24.5 Å². The minimum atomic E-state index is -0.553. The quantitative estimate of drug-likeness (QED) is 0.703. The van der Waals surface area contributed by atoms with Gasteiger partial charge in [0.1, 0.15) is 5.60 Å². The number of nitrogens with zero attached hydrogens (tertiary/aromatic N) is 5. The zero-order chi connectivity index (χ0) is 20.3. The fourth-order valence-electron chi connectivity index (χ4n) is 3.04. The Morgan fingerprint density at radius 2 is 1.57 bits per heavy atom. The number of hydrogen-bond donors (Lipinski definition) is 0. The molecule has 2 fully saturated rings. The van der Waals surface area contributed by atoms with Crippen molar-refractivity contribution in [2.45, 2.75) is 26.4 Å². The third kappa shape index (κ3) is 4.80. The van der Waals surface area contributed by atoms with E-state index in [-0.39, 0.29) is 18.0 Å². The molecule has 154 valence electrons. The summed E-state index contributed by atoms with van der Waals surface area (Å²) in [6.07, 6.45) is 2.49. The molecule has 10 heteroatoms. The lowest BCUT2D eigenvalue weighted by Gasteiger charge is -2.35. The summed E-state index contributed by atoms with van der Waals surface area (Å²) in [7, 11) is 0. The standard InChI is InChI=1S/C18H27N5O5/c1-18(2,3)28-17(26)22-6-4-21(5-7-22)16(25)23-13-14(12-19-23)15(24)20-8-10-27-11-9-20/h12-13H,4-11H2,1-3H3. The number of amides is 3. The first kappa shape index (κ1) is 20.1. The van der Waals surface area contributed by atoms with Gasteiger partial charge in [0.05, 0.1) is 25.0 Å². The van der Waals surface area contributed by atoms with E-state index in [0.717, 1.165) is 0 Å². The van der Waals surface area contributed by atoms with Crippen LogP contribution in [0.2, 0.25) is 0 Å². The summed E-state index contributed by atoms with van der Waals surface area (Å²) >= 11 is 0. The number of carbonyl (C=O) groups is 3. The minimum Gasteiger partial charge on any atom is -0.444 e. The highest BCUT2D eigenvalue weighted by molar-refractivity contribution is 5.94. The Balaban J connectivity index is 1.55. The Bertz CT molecular complexity index is 727. The van der Waals surface area contributed by atoms with Crippen molar-refractivity contribution >= 4 is 18.0 Å². The SMILES string of the molecule is CC(C)(C)OC(=O)N1CCN(C(=O)n2cc(C(=O)N3CCOCC3)cn2)CC1. The highest BCUT2D eigenvalue weighted by atomic mass is 16.6. The lowest BCUT2D eigenvalue weighted by Crippen LogP contribution is -2.52. The summed E-state index contributed by atoms with van der Waals surface area (Å²) in [5.41, 5.74) is -0.176. The van der Waals surface area contributed by atoms with Crippen LogP contribution in [0.25, 0.3) is 0 Å². The maximum atomic E-state index is 12.7. The summed E-state index contributed by atoms with van der Waals surface area (Å²) in [6, 6.07) is -0.315. The maximum Gasteiger partial charge on any atom is 0.410 e. The Morgan fingerprint density at radius 1 is 0.964 bits per heavy atom. The van der Waals surface area contributed by atoms with Gasteiger partial charge in [-0.25, -0.2) is 9.59 Å². The molecule has 3 rings (SSSR count). The van der Waals surface area contributed by atoms with Crippen molar-refractivity contribution < 1.29 is 23.9 Å². The zero-order valence-corrected chi connectivity index (χ0v) is 16.6. The van der Waals surface area contributed by atoms with Gasteiger partial charge in [-0.2, -0.15) is 9.78 Å². The predicted molar refractivity (Wildman–Crippen MR) is 99.1 cm³/mol. The number of hydrogen-bond acceptors (Lipinski definition) is 6. The van der Waals surface area contributed by atoms with Gasteiger partial charge in [0.25, 0.3) is 5.91 Å². The Hall–Kier alpha value is -2.62. The second-order valence-electron chi connectivity index (χ2n) is 7.82. The van der Waals surface area contributed by atoms with Gasteiger partial charge in [-0.15, -0.1) is 0 Å². The molecule has 0 N–H and O–H groups in total. The highest BCUT2D eigenvalue weighted by Gasteiger charge is 2.29. The Labute approximate surface area is 163 Å². The molecular formula is C18H27N5O5. The van der Waals surface area contributed by atoms with E-state index in [0.29, 0.717) is 58.0 Å². The number of ether oxygens (including phenoxy) is 2. The average Bonchev–Trinajstić information content (AvgIpc) is 3.16. The molecule has 1 aromatic heterocycles. The molecule has 0 atom stereocenters. The zero-order valence-electron chi connectivity index (χ0n) is 16.6. The van der Waals surface area contributed by atoms with Crippen LogP contribution in [-0.4, -0.2) is 101 Å².